The van der Waals surface area contributed by atoms with E-state index in [-0.39, 0.29) is 24.4 Å². The van der Waals surface area contributed by atoms with Crippen LogP contribution in [0.2, 0.25) is 0 Å². The summed E-state index contributed by atoms with van der Waals surface area (Å²) in [6.45, 7) is 5.28. The third-order valence-corrected chi connectivity index (χ3v) is 6.87. The summed E-state index contributed by atoms with van der Waals surface area (Å²) in [7, 11) is 0. The molecule has 1 aromatic carbocycles. The highest BCUT2D eigenvalue weighted by molar-refractivity contribution is 7.10. The molecule has 0 spiro atoms. The topological polar surface area (TPSA) is 77.6 Å². The fraction of sp³-hybridized carbons (Fsp3) is 0.320. The summed E-state index contributed by atoms with van der Waals surface area (Å²) in [5, 5.41) is 7.54. The Bertz CT molecular complexity index is 1070. The molecule has 0 saturated carbocycles. The van der Waals surface area contributed by atoms with Gasteiger partial charge in [-0.15, -0.1) is 11.3 Å². The van der Waals surface area contributed by atoms with E-state index in [1.165, 1.54) is 12.1 Å². The number of nitrogens with one attached hydrogen (secondary N) is 2. The smallest absolute Gasteiger partial charge is 0.309 e. The van der Waals surface area contributed by atoms with E-state index in [1.807, 2.05) is 24.4 Å². The van der Waals surface area contributed by atoms with Crippen LogP contribution in [0, 0.1) is 5.82 Å². The van der Waals surface area contributed by atoms with Crippen LogP contribution in [0.1, 0.15) is 23.5 Å². The SMILES string of the molecule is C[C@H](NC(=O)C(=O)NCc1ccccn1)[C@H](c1cccs1)N1CCN(c2ccc(F)cc2)CC1. The standard InChI is InChI=1S/C25H28FN5O2S/c1-18(29-25(33)24(32)28-17-20-5-2-3-11-27-20)23(22-6-4-16-34-22)31-14-12-30(13-15-31)21-9-7-19(26)8-10-21/h2-11,16,18,23H,12-15,17H2,1H3,(H,28,32)(H,29,33)/t18-,23+/m0/s1. The van der Waals surface area contributed by atoms with Crippen molar-refractivity contribution in [1.82, 2.24) is 20.5 Å². The van der Waals surface area contributed by atoms with Crippen LogP contribution in [0.15, 0.2) is 66.2 Å². The molecule has 0 aliphatic carbocycles. The Morgan fingerprint density at radius 1 is 1.03 bits per heavy atom. The summed E-state index contributed by atoms with van der Waals surface area (Å²) in [4.78, 5) is 34.8. The minimum atomic E-state index is -0.677. The normalized spacial score (nSPS) is 16.0. The summed E-state index contributed by atoms with van der Waals surface area (Å²) in [5.41, 5.74) is 1.69. The van der Waals surface area contributed by atoms with E-state index in [0.29, 0.717) is 5.69 Å². The van der Waals surface area contributed by atoms with Crippen LogP contribution in [0.3, 0.4) is 0 Å². The largest absolute Gasteiger partial charge is 0.369 e. The van der Waals surface area contributed by atoms with Gasteiger partial charge in [-0.2, -0.15) is 0 Å². The van der Waals surface area contributed by atoms with Crippen molar-refractivity contribution in [2.24, 2.45) is 0 Å². The molecule has 3 aromatic rings. The Balaban J connectivity index is 1.37. The summed E-state index contributed by atoms with van der Waals surface area (Å²) in [6.07, 6.45) is 1.64. The second-order valence-electron chi connectivity index (χ2n) is 8.23. The molecule has 9 heteroatoms. The maximum Gasteiger partial charge on any atom is 0.309 e. The number of hydrogen-bond acceptors (Lipinski definition) is 6. The first kappa shape index (κ1) is 23.8. The van der Waals surface area contributed by atoms with E-state index >= 15 is 0 Å². The van der Waals surface area contributed by atoms with Crippen LogP contribution in [0.25, 0.3) is 0 Å². The molecule has 1 aliphatic heterocycles. The van der Waals surface area contributed by atoms with Crippen molar-refractivity contribution in [3.05, 3.63) is 82.6 Å². The molecule has 1 aliphatic rings. The number of benzene rings is 1. The highest BCUT2D eigenvalue weighted by Gasteiger charge is 2.32. The second kappa shape index (κ2) is 11.2. The van der Waals surface area contributed by atoms with Crippen molar-refractivity contribution in [3.8, 4) is 0 Å². The van der Waals surface area contributed by atoms with Crippen molar-refractivity contribution in [2.75, 3.05) is 31.1 Å². The van der Waals surface area contributed by atoms with Crippen LogP contribution in [-0.2, 0) is 16.1 Å². The van der Waals surface area contributed by atoms with Gasteiger partial charge in [0.25, 0.3) is 0 Å². The molecule has 2 N–H and O–H groups in total. The molecule has 0 bridgehead atoms. The van der Waals surface area contributed by atoms with Gasteiger partial charge in [0.05, 0.1) is 18.3 Å². The number of anilines is 1. The van der Waals surface area contributed by atoms with E-state index in [0.717, 1.165) is 36.7 Å². The van der Waals surface area contributed by atoms with E-state index in [4.69, 9.17) is 0 Å². The molecule has 2 atom stereocenters. The predicted octanol–water partition coefficient (Wildman–Crippen LogP) is 2.97. The number of carbonyl (C=O) groups is 2. The van der Waals surface area contributed by atoms with Gasteiger partial charge < -0.3 is 15.5 Å². The van der Waals surface area contributed by atoms with Gasteiger partial charge in [-0.05, 0) is 54.8 Å². The number of rotatable bonds is 7. The molecule has 1 saturated heterocycles. The molecule has 3 heterocycles. The van der Waals surface area contributed by atoms with E-state index < -0.39 is 11.8 Å². The number of carbonyl (C=O) groups excluding carboxylic acids is 2. The molecule has 34 heavy (non-hydrogen) atoms. The predicted molar refractivity (Wildman–Crippen MR) is 131 cm³/mol. The van der Waals surface area contributed by atoms with Crippen LogP contribution in [-0.4, -0.2) is 53.9 Å². The number of pyridine rings is 1. The second-order valence-corrected chi connectivity index (χ2v) is 9.20. The average molecular weight is 482 g/mol. The number of aromatic nitrogens is 1. The Kier molecular flexibility index (Phi) is 7.87. The fourth-order valence-corrected chi connectivity index (χ4v) is 5.18. The molecular weight excluding hydrogens is 453 g/mol. The van der Waals surface area contributed by atoms with Crippen LogP contribution in [0.4, 0.5) is 10.1 Å². The molecule has 2 amide bonds. The average Bonchev–Trinajstić information content (AvgIpc) is 3.38. The lowest BCUT2D eigenvalue weighted by Crippen LogP contribution is -2.53. The van der Waals surface area contributed by atoms with Crippen molar-refractivity contribution in [2.45, 2.75) is 25.6 Å². The first-order chi connectivity index (χ1) is 16.5. The highest BCUT2D eigenvalue weighted by Crippen LogP contribution is 2.30. The van der Waals surface area contributed by atoms with Gasteiger partial charge in [0, 0.05) is 49.0 Å². The molecule has 0 unspecified atom stereocenters. The number of amides is 2. The lowest BCUT2D eigenvalue weighted by Gasteiger charge is -2.42. The zero-order chi connectivity index (χ0) is 23.9. The van der Waals surface area contributed by atoms with Crippen molar-refractivity contribution in [1.29, 1.82) is 0 Å². The maximum atomic E-state index is 13.3. The van der Waals surface area contributed by atoms with Gasteiger partial charge in [-0.1, -0.05) is 12.1 Å². The molecule has 2 aromatic heterocycles. The minimum Gasteiger partial charge on any atom is -0.369 e. The Morgan fingerprint density at radius 2 is 1.79 bits per heavy atom. The van der Waals surface area contributed by atoms with Gasteiger partial charge in [0.15, 0.2) is 0 Å². The monoisotopic (exact) mass is 481 g/mol. The lowest BCUT2D eigenvalue weighted by molar-refractivity contribution is -0.140. The quantitative estimate of drug-likeness (QED) is 0.508. The Hall–Kier alpha value is -3.30. The van der Waals surface area contributed by atoms with Crippen LogP contribution >= 0.6 is 11.3 Å². The molecule has 4 rings (SSSR count). The number of hydrogen-bond donors (Lipinski definition) is 2. The van der Waals surface area contributed by atoms with Crippen molar-refractivity contribution < 1.29 is 14.0 Å². The minimum absolute atomic E-state index is 0.0529. The van der Waals surface area contributed by atoms with Gasteiger partial charge in [-0.3, -0.25) is 19.5 Å². The van der Waals surface area contributed by atoms with Crippen LogP contribution in [0.5, 0.6) is 0 Å². The molecule has 7 nitrogen and oxygen atoms in total. The Labute approximate surface area is 202 Å². The van der Waals surface area contributed by atoms with E-state index in [1.54, 1.807) is 41.8 Å². The fourth-order valence-electron chi connectivity index (χ4n) is 4.22. The lowest BCUT2D eigenvalue weighted by atomic mass is 10.0. The number of nitrogens with zero attached hydrogens (tertiary/aromatic N) is 3. The van der Waals surface area contributed by atoms with Crippen molar-refractivity contribution in [3.63, 3.8) is 0 Å². The number of piperazine rings is 1. The zero-order valence-electron chi connectivity index (χ0n) is 19.0. The third kappa shape index (κ3) is 5.98. The number of halogens is 1. The number of thiophene rings is 1. The zero-order valence-corrected chi connectivity index (χ0v) is 19.8. The first-order valence-corrected chi connectivity index (χ1v) is 12.2. The summed E-state index contributed by atoms with van der Waals surface area (Å²) in [6, 6.07) is 15.7. The summed E-state index contributed by atoms with van der Waals surface area (Å²) >= 11 is 1.64. The van der Waals surface area contributed by atoms with Gasteiger partial charge in [0.2, 0.25) is 0 Å². The molecule has 1 fully saturated rings. The van der Waals surface area contributed by atoms with Gasteiger partial charge >= 0.3 is 11.8 Å². The summed E-state index contributed by atoms with van der Waals surface area (Å²) < 4.78 is 13.3. The molecule has 0 radical (unpaired) electrons. The van der Waals surface area contributed by atoms with E-state index in [2.05, 4.69) is 31.5 Å². The van der Waals surface area contributed by atoms with E-state index in [9.17, 15) is 14.0 Å². The highest BCUT2D eigenvalue weighted by atomic mass is 32.1. The molecular formula is C25H28FN5O2S. The van der Waals surface area contributed by atoms with Gasteiger partial charge in [0.1, 0.15) is 5.82 Å². The van der Waals surface area contributed by atoms with Crippen molar-refractivity contribution >= 4 is 28.8 Å². The summed E-state index contributed by atoms with van der Waals surface area (Å²) in [5.74, 6) is -1.58. The maximum absolute atomic E-state index is 13.3. The Morgan fingerprint density at radius 3 is 2.44 bits per heavy atom. The van der Waals surface area contributed by atoms with Gasteiger partial charge in [-0.25, -0.2) is 4.39 Å². The first-order valence-electron chi connectivity index (χ1n) is 11.3. The molecule has 178 valence electrons. The third-order valence-electron chi connectivity index (χ3n) is 5.93. The van der Waals surface area contributed by atoms with Crippen LogP contribution < -0.4 is 15.5 Å².